The van der Waals surface area contributed by atoms with Gasteiger partial charge >= 0.3 is 0 Å². The second kappa shape index (κ2) is 6.07. The minimum atomic E-state index is -0.0768. The molecule has 0 fully saturated rings. The summed E-state index contributed by atoms with van der Waals surface area (Å²) >= 11 is 6.02. The number of thiophene rings is 1. The van der Waals surface area contributed by atoms with Gasteiger partial charge in [-0.3, -0.25) is 4.79 Å². The van der Waals surface area contributed by atoms with Crippen molar-refractivity contribution in [2.24, 2.45) is 0 Å². The van der Waals surface area contributed by atoms with E-state index in [1.165, 1.54) is 9.75 Å². The lowest BCUT2D eigenvalue weighted by Crippen LogP contribution is -2.22. The van der Waals surface area contributed by atoms with Gasteiger partial charge in [0, 0.05) is 14.6 Å². The molecule has 0 bridgehead atoms. The average Bonchev–Trinajstić information content (AvgIpc) is 2.84. The molecule has 1 heterocycles. The smallest absolute Gasteiger partial charge is 0.252 e. The second-order valence-corrected chi connectivity index (χ2v) is 5.66. The number of rotatable bonds is 4. The largest absolute Gasteiger partial charge is 0.347 e. The Morgan fingerprint density at radius 1 is 1.22 bits per heavy atom. The van der Waals surface area contributed by atoms with Crippen molar-refractivity contribution in [1.29, 1.82) is 0 Å². The van der Waals surface area contributed by atoms with Gasteiger partial charge < -0.3 is 5.32 Å². The Bertz CT molecular complexity index is 548. The Balaban J connectivity index is 1.98. The topological polar surface area (TPSA) is 29.1 Å². The molecule has 0 saturated heterocycles. The molecule has 94 valence electrons. The first-order valence-corrected chi connectivity index (χ1v) is 7.11. The Hall–Kier alpha value is -1.26. The highest BCUT2D eigenvalue weighted by molar-refractivity contribution is 7.80. The maximum absolute atomic E-state index is 12.0. The molecule has 1 aromatic heterocycles. The maximum Gasteiger partial charge on any atom is 0.252 e. The molecule has 0 aliphatic heterocycles. The lowest BCUT2D eigenvalue weighted by molar-refractivity contribution is 0.0948. The van der Waals surface area contributed by atoms with Gasteiger partial charge in [0.2, 0.25) is 0 Å². The lowest BCUT2D eigenvalue weighted by Gasteiger charge is -2.05. The van der Waals surface area contributed by atoms with Crippen molar-refractivity contribution in [2.75, 3.05) is 0 Å². The van der Waals surface area contributed by atoms with Crippen molar-refractivity contribution < 1.29 is 4.79 Å². The summed E-state index contributed by atoms with van der Waals surface area (Å²) in [6, 6.07) is 11.5. The third-order valence-corrected chi connectivity index (χ3v) is 4.26. The molecule has 0 atom stereocenters. The van der Waals surface area contributed by atoms with Gasteiger partial charge in [-0.15, -0.1) is 24.0 Å². The van der Waals surface area contributed by atoms with Gasteiger partial charge in [0.1, 0.15) is 0 Å². The zero-order valence-corrected chi connectivity index (χ0v) is 11.9. The van der Waals surface area contributed by atoms with Crippen molar-refractivity contribution in [1.82, 2.24) is 5.32 Å². The van der Waals surface area contributed by atoms with Crippen molar-refractivity contribution >= 4 is 29.9 Å². The molecule has 2 aromatic rings. The van der Waals surface area contributed by atoms with Crippen LogP contribution in [0.25, 0.3) is 0 Å². The van der Waals surface area contributed by atoms with Crippen molar-refractivity contribution in [2.45, 2.75) is 24.8 Å². The van der Waals surface area contributed by atoms with Crippen LogP contribution in [0.15, 0.2) is 41.3 Å². The third-order valence-electron chi connectivity index (χ3n) is 2.64. The van der Waals surface area contributed by atoms with E-state index in [4.69, 9.17) is 0 Å². The highest BCUT2D eigenvalue weighted by atomic mass is 32.1. The highest BCUT2D eigenvalue weighted by Crippen LogP contribution is 2.17. The van der Waals surface area contributed by atoms with Crippen LogP contribution >= 0.6 is 24.0 Å². The van der Waals surface area contributed by atoms with Gasteiger partial charge in [0.05, 0.1) is 12.1 Å². The van der Waals surface area contributed by atoms with Gasteiger partial charge in [-0.1, -0.05) is 19.1 Å². The summed E-state index contributed by atoms with van der Waals surface area (Å²) in [5, 5.41) is 2.92. The van der Waals surface area contributed by atoms with Gasteiger partial charge in [0.15, 0.2) is 0 Å². The van der Waals surface area contributed by atoms with Crippen LogP contribution in [0.3, 0.4) is 0 Å². The van der Waals surface area contributed by atoms with E-state index in [1.54, 1.807) is 17.4 Å². The zero-order valence-electron chi connectivity index (χ0n) is 10.1. The molecule has 4 heteroatoms. The van der Waals surface area contributed by atoms with E-state index in [9.17, 15) is 4.79 Å². The molecular formula is C14H15NOS2. The molecule has 0 aliphatic carbocycles. The Morgan fingerprint density at radius 2 is 1.94 bits per heavy atom. The summed E-state index contributed by atoms with van der Waals surface area (Å²) in [4.78, 5) is 15.2. The van der Waals surface area contributed by atoms with Gasteiger partial charge in [0.25, 0.3) is 5.91 Å². The van der Waals surface area contributed by atoms with E-state index < -0.39 is 0 Å². The van der Waals surface area contributed by atoms with E-state index in [0.717, 1.165) is 6.42 Å². The fraction of sp³-hybridized carbons (Fsp3) is 0.214. The number of nitrogens with one attached hydrogen (secondary N) is 1. The molecule has 0 spiro atoms. The van der Waals surface area contributed by atoms with Crippen LogP contribution in [0.4, 0.5) is 0 Å². The van der Waals surface area contributed by atoms with E-state index in [1.807, 2.05) is 18.2 Å². The minimum absolute atomic E-state index is 0.0768. The highest BCUT2D eigenvalue weighted by Gasteiger charge is 2.08. The normalized spacial score (nSPS) is 10.3. The Morgan fingerprint density at radius 3 is 2.61 bits per heavy atom. The van der Waals surface area contributed by atoms with Crippen LogP contribution in [0.1, 0.15) is 27.0 Å². The number of carbonyl (C=O) groups is 1. The van der Waals surface area contributed by atoms with Crippen molar-refractivity contribution in [3.05, 3.63) is 51.7 Å². The SMILES string of the molecule is CCc1ccc(CNC(=O)c2ccccc2S)s1. The number of thiol groups is 1. The second-order valence-electron chi connectivity index (χ2n) is 3.92. The van der Waals surface area contributed by atoms with Crippen LogP contribution in [0.2, 0.25) is 0 Å². The fourth-order valence-corrected chi connectivity index (χ4v) is 2.80. The van der Waals surface area contributed by atoms with E-state index >= 15 is 0 Å². The fourth-order valence-electron chi connectivity index (χ4n) is 1.64. The molecule has 1 N–H and O–H groups in total. The quantitative estimate of drug-likeness (QED) is 0.823. The molecule has 18 heavy (non-hydrogen) atoms. The number of carbonyl (C=O) groups excluding carboxylic acids is 1. The van der Waals surface area contributed by atoms with Gasteiger partial charge in [-0.2, -0.15) is 0 Å². The average molecular weight is 277 g/mol. The monoisotopic (exact) mass is 277 g/mol. The number of hydrogen-bond donors (Lipinski definition) is 2. The van der Waals surface area contributed by atoms with Gasteiger partial charge in [-0.25, -0.2) is 0 Å². The molecule has 1 aromatic carbocycles. The Labute approximate surface area is 116 Å². The Kier molecular flexibility index (Phi) is 4.44. The number of benzene rings is 1. The first-order valence-electron chi connectivity index (χ1n) is 5.84. The minimum Gasteiger partial charge on any atom is -0.347 e. The van der Waals surface area contributed by atoms with E-state index in [-0.39, 0.29) is 5.91 Å². The predicted octanol–water partition coefficient (Wildman–Crippen LogP) is 3.53. The van der Waals surface area contributed by atoms with Crippen LogP contribution in [-0.2, 0) is 13.0 Å². The molecule has 0 radical (unpaired) electrons. The number of amides is 1. The number of aryl methyl sites for hydroxylation is 1. The van der Waals surface area contributed by atoms with Gasteiger partial charge in [-0.05, 0) is 30.7 Å². The first-order chi connectivity index (χ1) is 8.70. The maximum atomic E-state index is 12.0. The molecule has 2 nitrogen and oxygen atoms in total. The summed E-state index contributed by atoms with van der Waals surface area (Å²) in [5.74, 6) is -0.0768. The zero-order chi connectivity index (χ0) is 13.0. The molecule has 1 amide bonds. The summed E-state index contributed by atoms with van der Waals surface area (Å²) in [7, 11) is 0. The number of hydrogen-bond acceptors (Lipinski definition) is 3. The first kappa shape index (κ1) is 13.2. The molecule has 0 unspecified atom stereocenters. The van der Waals surface area contributed by atoms with Crippen molar-refractivity contribution in [3.8, 4) is 0 Å². The lowest BCUT2D eigenvalue weighted by atomic mass is 10.2. The van der Waals surface area contributed by atoms with E-state index in [2.05, 4.69) is 37.0 Å². The van der Waals surface area contributed by atoms with Crippen LogP contribution in [-0.4, -0.2) is 5.91 Å². The van der Waals surface area contributed by atoms with Crippen LogP contribution < -0.4 is 5.32 Å². The molecule has 0 saturated carbocycles. The summed E-state index contributed by atoms with van der Waals surface area (Å²) in [6.07, 6.45) is 1.04. The molecule has 2 rings (SSSR count). The molecular weight excluding hydrogens is 262 g/mol. The van der Waals surface area contributed by atoms with Crippen LogP contribution in [0.5, 0.6) is 0 Å². The van der Waals surface area contributed by atoms with Crippen LogP contribution in [0, 0.1) is 0 Å². The summed E-state index contributed by atoms with van der Waals surface area (Å²) in [5.41, 5.74) is 0.619. The standard InChI is InChI=1S/C14H15NOS2/c1-2-10-7-8-11(18-10)9-15-14(16)12-5-3-4-6-13(12)17/h3-8,17H,2,9H2,1H3,(H,15,16). The predicted molar refractivity (Wildman–Crippen MR) is 78.6 cm³/mol. The van der Waals surface area contributed by atoms with Crippen molar-refractivity contribution in [3.63, 3.8) is 0 Å². The third kappa shape index (κ3) is 3.15. The van der Waals surface area contributed by atoms with E-state index in [0.29, 0.717) is 17.0 Å². The summed E-state index contributed by atoms with van der Waals surface area (Å²) < 4.78 is 0. The summed E-state index contributed by atoms with van der Waals surface area (Å²) in [6.45, 7) is 2.71. The molecule has 0 aliphatic rings.